The van der Waals surface area contributed by atoms with E-state index in [4.69, 9.17) is 5.73 Å². The fraction of sp³-hybridized carbons (Fsp3) is 0.0714. The molecule has 0 aliphatic heterocycles. The molecule has 0 unspecified atom stereocenters. The summed E-state index contributed by atoms with van der Waals surface area (Å²) in [4.78, 5) is 7.24. The van der Waals surface area contributed by atoms with E-state index in [1.807, 2.05) is 12.1 Å². The summed E-state index contributed by atoms with van der Waals surface area (Å²) < 4.78 is 26.9. The van der Waals surface area contributed by atoms with Crippen LogP contribution in [0, 0.1) is 11.6 Å². The first-order chi connectivity index (χ1) is 9.17. The van der Waals surface area contributed by atoms with Gasteiger partial charge in [-0.05, 0) is 35.9 Å². The van der Waals surface area contributed by atoms with E-state index in [0.29, 0.717) is 17.9 Å². The second-order valence-electron chi connectivity index (χ2n) is 4.27. The van der Waals surface area contributed by atoms with Gasteiger partial charge in [-0.25, -0.2) is 13.8 Å². The Labute approximate surface area is 108 Å². The lowest BCUT2D eigenvalue weighted by atomic mass is 10.2. The second kappa shape index (κ2) is 4.44. The molecule has 0 aliphatic carbocycles. The maximum Gasteiger partial charge on any atom is 0.141 e. The van der Waals surface area contributed by atoms with Crippen molar-refractivity contribution in [3.8, 4) is 11.4 Å². The van der Waals surface area contributed by atoms with Crippen LogP contribution in [0.5, 0.6) is 0 Å². The lowest BCUT2D eigenvalue weighted by Gasteiger charge is -1.98. The number of fused-ring (bicyclic) bond motifs is 1. The number of aromatic nitrogens is 2. The number of H-pyrrole nitrogens is 1. The fourth-order valence-electron chi connectivity index (χ4n) is 1.99. The zero-order valence-electron chi connectivity index (χ0n) is 9.95. The van der Waals surface area contributed by atoms with Gasteiger partial charge in [-0.15, -0.1) is 0 Å². The van der Waals surface area contributed by atoms with Crippen molar-refractivity contribution in [2.75, 3.05) is 0 Å². The number of imidazole rings is 1. The number of nitrogens with two attached hydrogens (primary N) is 1. The van der Waals surface area contributed by atoms with Crippen LogP contribution in [-0.4, -0.2) is 9.97 Å². The number of hydrogen-bond donors (Lipinski definition) is 2. The van der Waals surface area contributed by atoms with Crippen molar-refractivity contribution < 1.29 is 8.78 Å². The summed E-state index contributed by atoms with van der Waals surface area (Å²) in [6.45, 7) is 0.415. The molecule has 0 saturated heterocycles. The molecule has 3 N–H and O–H groups in total. The highest BCUT2D eigenvalue weighted by Gasteiger charge is 2.11. The van der Waals surface area contributed by atoms with Crippen molar-refractivity contribution in [1.29, 1.82) is 0 Å². The van der Waals surface area contributed by atoms with E-state index in [2.05, 4.69) is 9.97 Å². The lowest BCUT2D eigenvalue weighted by Crippen LogP contribution is -1.95. The van der Waals surface area contributed by atoms with Gasteiger partial charge in [0.1, 0.15) is 17.5 Å². The molecular formula is C14H11F2N3. The van der Waals surface area contributed by atoms with Gasteiger partial charge >= 0.3 is 0 Å². The first kappa shape index (κ1) is 11.8. The summed E-state index contributed by atoms with van der Waals surface area (Å²) in [6.07, 6.45) is 0. The van der Waals surface area contributed by atoms with Gasteiger partial charge < -0.3 is 10.7 Å². The molecule has 0 amide bonds. The van der Waals surface area contributed by atoms with Crippen molar-refractivity contribution in [3.05, 3.63) is 53.6 Å². The average molecular weight is 259 g/mol. The summed E-state index contributed by atoms with van der Waals surface area (Å²) in [6, 6.07) is 8.79. The summed E-state index contributed by atoms with van der Waals surface area (Å²) in [5.74, 6) is -0.708. The molecule has 2 aromatic carbocycles. The third-order valence-electron chi connectivity index (χ3n) is 2.97. The minimum Gasteiger partial charge on any atom is -0.338 e. The van der Waals surface area contributed by atoms with Crippen LogP contribution in [-0.2, 0) is 6.54 Å². The fourth-order valence-corrected chi connectivity index (χ4v) is 1.99. The average Bonchev–Trinajstić information content (AvgIpc) is 2.83. The molecule has 3 aromatic rings. The molecule has 3 rings (SSSR count). The Morgan fingerprint density at radius 1 is 1.11 bits per heavy atom. The molecule has 0 saturated carbocycles. The first-order valence-electron chi connectivity index (χ1n) is 5.81. The highest BCUT2D eigenvalue weighted by atomic mass is 19.1. The van der Waals surface area contributed by atoms with E-state index < -0.39 is 11.6 Å². The van der Waals surface area contributed by atoms with Gasteiger partial charge in [-0.1, -0.05) is 6.07 Å². The van der Waals surface area contributed by atoms with Crippen LogP contribution in [0.4, 0.5) is 8.78 Å². The normalized spacial score (nSPS) is 11.1. The van der Waals surface area contributed by atoms with E-state index in [1.54, 1.807) is 6.07 Å². The van der Waals surface area contributed by atoms with Gasteiger partial charge in [-0.3, -0.25) is 0 Å². The van der Waals surface area contributed by atoms with E-state index in [1.165, 1.54) is 0 Å². The zero-order chi connectivity index (χ0) is 13.4. The summed E-state index contributed by atoms with van der Waals surface area (Å²) in [7, 11) is 0. The molecule has 0 fully saturated rings. The number of aromatic amines is 1. The molecule has 0 atom stereocenters. The van der Waals surface area contributed by atoms with Crippen LogP contribution in [0.3, 0.4) is 0 Å². The van der Waals surface area contributed by atoms with Gasteiger partial charge in [0, 0.05) is 6.54 Å². The monoisotopic (exact) mass is 259 g/mol. The Bertz CT molecular complexity index is 750. The summed E-state index contributed by atoms with van der Waals surface area (Å²) in [5, 5.41) is 0. The summed E-state index contributed by atoms with van der Waals surface area (Å²) in [5.41, 5.74) is 8.06. The molecule has 0 radical (unpaired) electrons. The Balaban J connectivity index is 2.17. The van der Waals surface area contributed by atoms with Crippen LogP contribution < -0.4 is 5.73 Å². The molecule has 0 aliphatic rings. The van der Waals surface area contributed by atoms with E-state index in [-0.39, 0.29) is 5.56 Å². The van der Waals surface area contributed by atoms with Gasteiger partial charge in [0.25, 0.3) is 0 Å². The molecule has 3 nitrogen and oxygen atoms in total. The number of halogens is 2. The number of benzene rings is 2. The van der Waals surface area contributed by atoms with E-state index in [9.17, 15) is 8.78 Å². The predicted molar refractivity (Wildman–Crippen MR) is 69.3 cm³/mol. The number of rotatable bonds is 2. The standard InChI is InChI=1S/C14H11F2N3/c15-9-2-3-11(16)10(6-9)14-18-12-4-1-8(7-17)5-13(12)19-14/h1-6H,7,17H2,(H,18,19). The van der Waals surface area contributed by atoms with E-state index in [0.717, 1.165) is 29.3 Å². The van der Waals surface area contributed by atoms with Crippen molar-refractivity contribution in [2.45, 2.75) is 6.54 Å². The Kier molecular flexibility index (Phi) is 2.76. The maximum absolute atomic E-state index is 13.7. The first-order valence-corrected chi connectivity index (χ1v) is 5.81. The third-order valence-corrected chi connectivity index (χ3v) is 2.97. The van der Waals surface area contributed by atoms with Crippen LogP contribution in [0.15, 0.2) is 36.4 Å². The summed E-state index contributed by atoms with van der Waals surface area (Å²) >= 11 is 0. The van der Waals surface area contributed by atoms with Crippen LogP contribution in [0.25, 0.3) is 22.4 Å². The molecule has 0 spiro atoms. The van der Waals surface area contributed by atoms with Crippen molar-refractivity contribution >= 4 is 11.0 Å². The van der Waals surface area contributed by atoms with Gasteiger partial charge in [-0.2, -0.15) is 0 Å². The lowest BCUT2D eigenvalue weighted by molar-refractivity contribution is 0.602. The molecule has 5 heteroatoms. The van der Waals surface area contributed by atoms with Crippen LogP contribution in [0.1, 0.15) is 5.56 Å². The quantitative estimate of drug-likeness (QED) is 0.743. The Morgan fingerprint density at radius 2 is 1.95 bits per heavy atom. The van der Waals surface area contributed by atoms with Crippen molar-refractivity contribution in [1.82, 2.24) is 9.97 Å². The Morgan fingerprint density at radius 3 is 2.74 bits per heavy atom. The molecular weight excluding hydrogens is 248 g/mol. The highest BCUT2D eigenvalue weighted by molar-refractivity contribution is 5.80. The predicted octanol–water partition coefficient (Wildman–Crippen LogP) is 2.97. The van der Waals surface area contributed by atoms with Gasteiger partial charge in [0.2, 0.25) is 0 Å². The molecule has 96 valence electrons. The number of nitrogens with one attached hydrogen (secondary N) is 1. The van der Waals surface area contributed by atoms with E-state index >= 15 is 0 Å². The SMILES string of the molecule is NCc1ccc2nc(-c3cc(F)ccc3F)[nH]c2c1. The molecule has 1 heterocycles. The van der Waals surface area contributed by atoms with Gasteiger partial charge in [0.05, 0.1) is 16.6 Å². The topological polar surface area (TPSA) is 54.7 Å². The molecule has 19 heavy (non-hydrogen) atoms. The zero-order valence-corrected chi connectivity index (χ0v) is 9.95. The highest BCUT2D eigenvalue weighted by Crippen LogP contribution is 2.24. The minimum absolute atomic E-state index is 0.116. The van der Waals surface area contributed by atoms with Crippen LogP contribution in [0.2, 0.25) is 0 Å². The number of hydrogen-bond acceptors (Lipinski definition) is 2. The van der Waals surface area contributed by atoms with Crippen LogP contribution >= 0.6 is 0 Å². The third kappa shape index (κ3) is 2.08. The number of nitrogens with zero attached hydrogens (tertiary/aromatic N) is 1. The Hall–Kier alpha value is -2.27. The molecule has 0 bridgehead atoms. The maximum atomic E-state index is 13.7. The van der Waals surface area contributed by atoms with Gasteiger partial charge in [0.15, 0.2) is 0 Å². The minimum atomic E-state index is -0.514. The second-order valence-corrected chi connectivity index (χ2v) is 4.27. The van der Waals surface area contributed by atoms with Crippen molar-refractivity contribution in [2.24, 2.45) is 5.73 Å². The largest absolute Gasteiger partial charge is 0.338 e. The van der Waals surface area contributed by atoms with Crippen molar-refractivity contribution in [3.63, 3.8) is 0 Å². The molecule has 1 aromatic heterocycles. The smallest absolute Gasteiger partial charge is 0.141 e.